The number of carboxylic acids is 2. The Bertz CT molecular complexity index is 315. The van der Waals surface area contributed by atoms with E-state index in [2.05, 4.69) is 6.92 Å². The molecule has 4 nitrogen and oxygen atoms in total. The number of unbranched alkanes of at least 4 members (excludes halogenated alkanes) is 9. The predicted octanol–water partition coefficient (Wildman–Crippen LogP) is 6.03. The topological polar surface area (TPSA) is 74.6 Å². The van der Waals surface area contributed by atoms with Crippen LogP contribution in [0.4, 0.5) is 0 Å². The molecule has 0 rings (SSSR count). The molecule has 0 aliphatic rings. The van der Waals surface area contributed by atoms with E-state index in [4.69, 9.17) is 10.2 Å². The Labute approximate surface area is 148 Å². The third kappa shape index (κ3) is 17.3. The van der Waals surface area contributed by atoms with E-state index in [1.165, 1.54) is 64.2 Å². The molecule has 0 fully saturated rings. The lowest BCUT2D eigenvalue weighted by atomic mass is 9.92. The highest BCUT2D eigenvalue weighted by Gasteiger charge is 2.06. The summed E-state index contributed by atoms with van der Waals surface area (Å²) in [5.41, 5.74) is 0. The van der Waals surface area contributed by atoms with Crippen molar-refractivity contribution in [1.29, 1.82) is 0 Å². The summed E-state index contributed by atoms with van der Waals surface area (Å²) < 4.78 is 0. The summed E-state index contributed by atoms with van der Waals surface area (Å²) in [7, 11) is 0. The van der Waals surface area contributed by atoms with Crippen LogP contribution in [0.15, 0.2) is 0 Å². The van der Waals surface area contributed by atoms with Crippen LogP contribution in [0.25, 0.3) is 0 Å². The zero-order valence-electron chi connectivity index (χ0n) is 15.6. The third-order valence-electron chi connectivity index (χ3n) is 4.83. The fraction of sp³-hybridized carbons (Fsp3) is 0.900. The van der Waals surface area contributed by atoms with Gasteiger partial charge in [-0.25, -0.2) is 0 Å². The molecule has 0 saturated carbocycles. The fourth-order valence-corrected chi connectivity index (χ4v) is 3.21. The number of hydrogen-bond acceptors (Lipinski definition) is 2. The second kappa shape index (κ2) is 16.8. The lowest BCUT2D eigenvalue weighted by molar-refractivity contribution is -0.138. The molecule has 0 radical (unpaired) electrons. The van der Waals surface area contributed by atoms with Gasteiger partial charge >= 0.3 is 11.9 Å². The molecule has 2 N–H and O–H groups in total. The average Bonchev–Trinajstić information content (AvgIpc) is 2.53. The molecule has 0 bridgehead atoms. The van der Waals surface area contributed by atoms with Crippen molar-refractivity contribution in [2.45, 2.75) is 110 Å². The first-order valence-electron chi connectivity index (χ1n) is 9.99. The maximum atomic E-state index is 10.4. The van der Waals surface area contributed by atoms with E-state index in [9.17, 15) is 9.59 Å². The number of carbonyl (C=O) groups is 2. The summed E-state index contributed by atoms with van der Waals surface area (Å²) in [6.07, 6.45) is 16.9. The van der Waals surface area contributed by atoms with Gasteiger partial charge in [-0.2, -0.15) is 0 Å². The standard InChI is InChI=1S/C20H38O4/c1-2-18(15-11-7-5-9-13-17-20(23)24)14-10-6-3-4-8-12-16-19(21)22/h18H,2-17H2,1H3,(H,21,22)(H,23,24). The van der Waals surface area contributed by atoms with Gasteiger partial charge in [-0.3, -0.25) is 9.59 Å². The van der Waals surface area contributed by atoms with Gasteiger partial charge in [0.15, 0.2) is 0 Å². The lowest BCUT2D eigenvalue weighted by Gasteiger charge is -2.14. The first-order valence-corrected chi connectivity index (χ1v) is 9.99. The maximum absolute atomic E-state index is 10.4. The summed E-state index contributed by atoms with van der Waals surface area (Å²) in [4.78, 5) is 20.8. The van der Waals surface area contributed by atoms with Crippen molar-refractivity contribution in [3.05, 3.63) is 0 Å². The van der Waals surface area contributed by atoms with Crippen LogP contribution < -0.4 is 0 Å². The summed E-state index contributed by atoms with van der Waals surface area (Å²) in [5.74, 6) is -0.512. The average molecular weight is 343 g/mol. The first kappa shape index (κ1) is 22.9. The zero-order valence-corrected chi connectivity index (χ0v) is 15.6. The van der Waals surface area contributed by atoms with E-state index in [0.717, 1.165) is 31.6 Å². The molecular formula is C20H38O4. The molecule has 4 heteroatoms. The van der Waals surface area contributed by atoms with Crippen LogP contribution in [0.3, 0.4) is 0 Å². The number of rotatable bonds is 18. The molecule has 1 unspecified atom stereocenters. The van der Waals surface area contributed by atoms with Gasteiger partial charge in [-0.15, -0.1) is 0 Å². The van der Waals surface area contributed by atoms with Crippen LogP contribution >= 0.6 is 0 Å². The van der Waals surface area contributed by atoms with Gasteiger partial charge in [-0.05, 0) is 18.8 Å². The van der Waals surface area contributed by atoms with Gasteiger partial charge in [0, 0.05) is 12.8 Å². The van der Waals surface area contributed by atoms with Gasteiger partial charge in [-0.1, -0.05) is 84.0 Å². The van der Waals surface area contributed by atoms with E-state index in [-0.39, 0.29) is 0 Å². The molecule has 0 aromatic carbocycles. The van der Waals surface area contributed by atoms with Crippen molar-refractivity contribution in [3.8, 4) is 0 Å². The Morgan fingerprint density at radius 3 is 1.29 bits per heavy atom. The maximum Gasteiger partial charge on any atom is 0.303 e. The molecule has 142 valence electrons. The van der Waals surface area contributed by atoms with Crippen LogP contribution in [0.2, 0.25) is 0 Å². The fourth-order valence-electron chi connectivity index (χ4n) is 3.21. The summed E-state index contributed by atoms with van der Waals surface area (Å²) in [6, 6.07) is 0. The summed E-state index contributed by atoms with van der Waals surface area (Å²) >= 11 is 0. The molecule has 0 aliphatic carbocycles. The number of carboxylic acid groups (broad SMARTS) is 2. The summed E-state index contributed by atoms with van der Waals surface area (Å²) in [5, 5.41) is 17.2. The molecule has 0 heterocycles. The molecule has 0 aromatic heterocycles. The predicted molar refractivity (Wildman–Crippen MR) is 98.3 cm³/mol. The Morgan fingerprint density at radius 2 is 0.958 bits per heavy atom. The molecule has 0 aromatic rings. The third-order valence-corrected chi connectivity index (χ3v) is 4.83. The normalized spacial score (nSPS) is 12.2. The zero-order chi connectivity index (χ0) is 18.0. The minimum Gasteiger partial charge on any atom is -0.481 e. The van der Waals surface area contributed by atoms with Gasteiger partial charge in [0.2, 0.25) is 0 Å². The van der Waals surface area contributed by atoms with Crippen molar-refractivity contribution in [2.75, 3.05) is 0 Å². The van der Waals surface area contributed by atoms with Crippen LogP contribution in [0.1, 0.15) is 110 Å². The number of aliphatic carboxylic acids is 2. The Hall–Kier alpha value is -1.06. The first-order chi connectivity index (χ1) is 11.6. The van der Waals surface area contributed by atoms with Crippen LogP contribution in [0.5, 0.6) is 0 Å². The van der Waals surface area contributed by atoms with Crippen molar-refractivity contribution in [3.63, 3.8) is 0 Å². The molecule has 0 spiro atoms. The lowest BCUT2D eigenvalue weighted by Crippen LogP contribution is -1.99. The molecule has 0 saturated heterocycles. The Morgan fingerprint density at radius 1 is 0.625 bits per heavy atom. The van der Waals surface area contributed by atoms with Crippen LogP contribution in [-0.4, -0.2) is 22.2 Å². The quantitative estimate of drug-likeness (QED) is 0.298. The van der Waals surface area contributed by atoms with Crippen molar-refractivity contribution >= 4 is 11.9 Å². The summed E-state index contributed by atoms with van der Waals surface area (Å²) in [6.45, 7) is 2.28. The van der Waals surface area contributed by atoms with E-state index >= 15 is 0 Å². The largest absolute Gasteiger partial charge is 0.481 e. The minimum absolute atomic E-state index is 0.313. The second-order valence-electron chi connectivity index (χ2n) is 7.03. The van der Waals surface area contributed by atoms with Gasteiger partial charge < -0.3 is 10.2 Å². The monoisotopic (exact) mass is 342 g/mol. The minimum atomic E-state index is -0.678. The Balaban J connectivity index is 3.37. The highest BCUT2D eigenvalue weighted by molar-refractivity contribution is 5.66. The molecule has 0 aliphatic heterocycles. The second-order valence-corrected chi connectivity index (χ2v) is 7.03. The van der Waals surface area contributed by atoms with E-state index < -0.39 is 11.9 Å². The van der Waals surface area contributed by atoms with Gasteiger partial charge in [0.25, 0.3) is 0 Å². The van der Waals surface area contributed by atoms with Crippen molar-refractivity contribution in [2.24, 2.45) is 5.92 Å². The molecular weight excluding hydrogens is 304 g/mol. The molecule has 24 heavy (non-hydrogen) atoms. The van der Waals surface area contributed by atoms with Gasteiger partial charge in [0.05, 0.1) is 0 Å². The highest BCUT2D eigenvalue weighted by Crippen LogP contribution is 2.21. The van der Waals surface area contributed by atoms with Crippen molar-refractivity contribution < 1.29 is 19.8 Å². The van der Waals surface area contributed by atoms with E-state index in [1.54, 1.807) is 0 Å². The van der Waals surface area contributed by atoms with E-state index in [0.29, 0.717) is 12.8 Å². The number of hydrogen-bond donors (Lipinski definition) is 2. The smallest absolute Gasteiger partial charge is 0.303 e. The van der Waals surface area contributed by atoms with E-state index in [1.807, 2.05) is 0 Å². The highest BCUT2D eigenvalue weighted by atomic mass is 16.4. The molecule has 1 atom stereocenters. The molecule has 0 amide bonds. The SMILES string of the molecule is CCC(CCCCCCCCC(=O)O)CCCCCCCC(=O)O. The van der Waals surface area contributed by atoms with Crippen LogP contribution in [-0.2, 0) is 9.59 Å². The van der Waals surface area contributed by atoms with Gasteiger partial charge in [0.1, 0.15) is 0 Å². The van der Waals surface area contributed by atoms with Crippen LogP contribution in [0, 0.1) is 5.92 Å². The Kier molecular flexibility index (Phi) is 16.0. The van der Waals surface area contributed by atoms with Crippen molar-refractivity contribution in [1.82, 2.24) is 0 Å².